The maximum absolute atomic E-state index is 11.9. The number of carbonyl (C=O) groups is 2. The molecule has 1 aromatic carbocycles. The molecule has 0 saturated carbocycles. The number of ether oxygens (including phenoxy) is 2. The van der Waals surface area contributed by atoms with Crippen molar-refractivity contribution in [2.75, 3.05) is 7.11 Å². The summed E-state index contributed by atoms with van der Waals surface area (Å²) in [4.78, 5) is 23.3. The van der Waals surface area contributed by atoms with E-state index in [1.165, 1.54) is 7.11 Å². The average molecular weight is 309 g/mol. The van der Waals surface area contributed by atoms with E-state index in [-0.39, 0.29) is 12.2 Å². The van der Waals surface area contributed by atoms with Crippen LogP contribution in [0, 0.1) is 0 Å². The quantitative estimate of drug-likeness (QED) is 0.816. The molecule has 6 nitrogen and oxygen atoms in total. The van der Waals surface area contributed by atoms with Crippen LogP contribution in [0.15, 0.2) is 24.3 Å². The number of rotatable bonds is 5. The zero-order valence-electron chi connectivity index (χ0n) is 13.4. The summed E-state index contributed by atoms with van der Waals surface area (Å²) in [7, 11) is 1.30. The minimum atomic E-state index is -0.613. The number of hydrogen-bond donors (Lipinski definition) is 2. The average Bonchev–Trinajstić information content (AvgIpc) is 2.38. The Labute approximate surface area is 130 Å². The molecule has 1 unspecified atom stereocenters. The Morgan fingerprint density at radius 3 is 2.32 bits per heavy atom. The highest BCUT2D eigenvalue weighted by atomic mass is 16.6. The topological polar surface area (TPSA) is 84.9 Å². The number of amides is 1. The third kappa shape index (κ3) is 6.97. The van der Waals surface area contributed by atoms with Crippen LogP contribution in [0.1, 0.15) is 32.8 Å². The largest absolute Gasteiger partial charge is 0.508 e. The summed E-state index contributed by atoms with van der Waals surface area (Å²) in [5, 5.41) is 12.0. The lowest BCUT2D eigenvalue weighted by molar-refractivity contribution is -0.141. The van der Waals surface area contributed by atoms with Gasteiger partial charge in [-0.05, 0) is 44.9 Å². The molecule has 1 rings (SSSR count). The van der Waals surface area contributed by atoms with Gasteiger partial charge in [0.1, 0.15) is 11.4 Å². The number of carbonyl (C=O) groups excluding carboxylic acids is 2. The highest BCUT2D eigenvalue weighted by Gasteiger charge is 2.22. The van der Waals surface area contributed by atoms with Gasteiger partial charge >= 0.3 is 12.1 Å². The van der Waals surface area contributed by atoms with Gasteiger partial charge in [-0.3, -0.25) is 4.79 Å². The molecule has 0 spiro atoms. The first kappa shape index (κ1) is 17.8. The molecule has 0 saturated heterocycles. The summed E-state index contributed by atoms with van der Waals surface area (Å²) < 4.78 is 9.85. The number of methoxy groups -OCH3 is 1. The van der Waals surface area contributed by atoms with Gasteiger partial charge in [-0.25, -0.2) is 4.79 Å². The van der Waals surface area contributed by atoms with Crippen LogP contribution in [0.4, 0.5) is 4.79 Å². The Morgan fingerprint density at radius 1 is 1.23 bits per heavy atom. The van der Waals surface area contributed by atoms with E-state index in [1.807, 2.05) is 0 Å². The number of phenols is 1. The van der Waals surface area contributed by atoms with Gasteiger partial charge < -0.3 is 19.9 Å². The highest BCUT2D eigenvalue weighted by molar-refractivity contribution is 5.72. The second kappa shape index (κ2) is 7.68. The van der Waals surface area contributed by atoms with Crippen LogP contribution >= 0.6 is 0 Å². The van der Waals surface area contributed by atoms with Gasteiger partial charge in [-0.2, -0.15) is 0 Å². The number of aromatic hydroxyl groups is 1. The minimum absolute atomic E-state index is 0.0383. The Morgan fingerprint density at radius 2 is 1.82 bits per heavy atom. The third-order valence-electron chi connectivity index (χ3n) is 2.78. The molecule has 0 heterocycles. The maximum Gasteiger partial charge on any atom is 0.407 e. The lowest BCUT2D eigenvalue weighted by Crippen LogP contribution is -2.41. The molecule has 0 radical (unpaired) electrons. The lowest BCUT2D eigenvalue weighted by Gasteiger charge is -2.23. The fourth-order valence-electron chi connectivity index (χ4n) is 1.85. The Balaban J connectivity index is 2.73. The van der Waals surface area contributed by atoms with Crippen LogP contribution in [0.5, 0.6) is 5.75 Å². The van der Waals surface area contributed by atoms with Crippen molar-refractivity contribution in [2.24, 2.45) is 0 Å². The molecule has 0 aliphatic carbocycles. The van der Waals surface area contributed by atoms with E-state index in [0.29, 0.717) is 6.42 Å². The summed E-state index contributed by atoms with van der Waals surface area (Å²) in [5.74, 6) is -0.256. The van der Waals surface area contributed by atoms with Crippen molar-refractivity contribution in [1.82, 2.24) is 5.32 Å². The van der Waals surface area contributed by atoms with Crippen molar-refractivity contribution in [3.8, 4) is 5.75 Å². The van der Waals surface area contributed by atoms with Gasteiger partial charge in [-0.15, -0.1) is 0 Å². The number of alkyl carbamates (subject to hydrolysis) is 1. The Hall–Kier alpha value is -2.24. The molecule has 0 aliphatic rings. The maximum atomic E-state index is 11.9. The van der Waals surface area contributed by atoms with Crippen LogP contribution in [0.25, 0.3) is 0 Å². The molecule has 0 aromatic heterocycles. The molecule has 1 aromatic rings. The lowest BCUT2D eigenvalue weighted by atomic mass is 10.0. The van der Waals surface area contributed by atoms with E-state index in [2.05, 4.69) is 10.1 Å². The standard InChI is InChI=1S/C16H23NO5/c1-16(2,3)22-15(20)17-12(10-14(19)21-4)9-11-5-7-13(18)8-6-11/h5-8,12,18H,9-10H2,1-4H3,(H,17,20). The van der Waals surface area contributed by atoms with E-state index in [4.69, 9.17) is 4.74 Å². The van der Waals surface area contributed by atoms with E-state index in [9.17, 15) is 14.7 Å². The summed E-state index contributed by atoms with van der Waals surface area (Å²) in [6.07, 6.45) is -0.120. The van der Waals surface area contributed by atoms with Crippen LogP contribution in [0.3, 0.4) is 0 Å². The molecule has 1 amide bonds. The first-order chi connectivity index (χ1) is 10.2. The molecular formula is C16H23NO5. The number of phenolic OH excluding ortho intramolecular Hbond substituents is 1. The van der Waals surface area contributed by atoms with Crippen molar-refractivity contribution in [3.05, 3.63) is 29.8 Å². The SMILES string of the molecule is COC(=O)CC(Cc1ccc(O)cc1)NC(=O)OC(C)(C)C. The summed E-state index contributed by atoms with van der Waals surface area (Å²) in [5.41, 5.74) is 0.265. The smallest absolute Gasteiger partial charge is 0.407 e. The van der Waals surface area contributed by atoms with E-state index >= 15 is 0 Å². The van der Waals surface area contributed by atoms with Gasteiger partial charge in [0, 0.05) is 6.04 Å². The van der Waals surface area contributed by atoms with Crippen LogP contribution in [0.2, 0.25) is 0 Å². The van der Waals surface area contributed by atoms with E-state index in [1.54, 1.807) is 45.0 Å². The summed E-state index contributed by atoms with van der Waals surface area (Å²) >= 11 is 0. The monoisotopic (exact) mass is 309 g/mol. The number of nitrogens with one attached hydrogen (secondary N) is 1. The Bertz CT molecular complexity index is 504. The molecule has 122 valence electrons. The fourth-order valence-corrected chi connectivity index (χ4v) is 1.85. The molecule has 22 heavy (non-hydrogen) atoms. The van der Waals surface area contributed by atoms with Crippen molar-refractivity contribution in [3.63, 3.8) is 0 Å². The van der Waals surface area contributed by atoms with Crippen LogP contribution in [-0.2, 0) is 20.7 Å². The second-order valence-electron chi connectivity index (χ2n) is 5.99. The van der Waals surface area contributed by atoms with E-state index in [0.717, 1.165) is 5.56 Å². The number of benzene rings is 1. The highest BCUT2D eigenvalue weighted by Crippen LogP contribution is 2.13. The molecule has 1 atom stereocenters. The number of hydrogen-bond acceptors (Lipinski definition) is 5. The molecule has 0 bridgehead atoms. The molecule has 0 fully saturated rings. The first-order valence-electron chi connectivity index (χ1n) is 7.04. The van der Waals surface area contributed by atoms with Crippen LogP contribution < -0.4 is 5.32 Å². The van der Waals surface area contributed by atoms with E-state index < -0.39 is 23.7 Å². The van der Waals surface area contributed by atoms with Crippen molar-refractivity contribution >= 4 is 12.1 Å². The Kier molecular flexibility index (Phi) is 6.22. The summed E-state index contributed by atoms with van der Waals surface area (Å²) in [6, 6.07) is 6.12. The third-order valence-corrected chi connectivity index (χ3v) is 2.78. The zero-order valence-corrected chi connectivity index (χ0v) is 13.4. The van der Waals surface area contributed by atoms with Gasteiger partial charge in [0.2, 0.25) is 0 Å². The predicted octanol–water partition coefficient (Wildman–Crippen LogP) is 2.39. The molecule has 0 aliphatic heterocycles. The van der Waals surface area contributed by atoms with Crippen molar-refractivity contribution < 1.29 is 24.2 Å². The van der Waals surface area contributed by atoms with Crippen molar-refractivity contribution in [2.45, 2.75) is 45.3 Å². The van der Waals surface area contributed by atoms with Gasteiger partial charge in [-0.1, -0.05) is 12.1 Å². The normalized spacial score (nSPS) is 12.4. The zero-order chi connectivity index (χ0) is 16.8. The molecular weight excluding hydrogens is 286 g/mol. The fraction of sp³-hybridized carbons (Fsp3) is 0.500. The van der Waals surface area contributed by atoms with Gasteiger partial charge in [0.05, 0.1) is 13.5 Å². The number of esters is 1. The van der Waals surface area contributed by atoms with Gasteiger partial charge in [0.25, 0.3) is 0 Å². The second-order valence-corrected chi connectivity index (χ2v) is 5.99. The predicted molar refractivity (Wildman–Crippen MR) is 81.6 cm³/mol. The summed E-state index contributed by atoms with van der Waals surface area (Å²) in [6.45, 7) is 5.30. The van der Waals surface area contributed by atoms with Crippen molar-refractivity contribution in [1.29, 1.82) is 0 Å². The minimum Gasteiger partial charge on any atom is -0.508 e. The molecule has 6 heteroatoms. The first-order valence-corrected chi connectivity index (χ1v) is 7.04. The van der Waals surface area contributed by atoms with Crippen LogP contribution in [-0.4, -0.2) is 35.9 Å². The van der Waals surface area contributed by atoms with Gasteiger partial charge in [0.15, 0.2) is 0 Å². The molecule has 2 N–H and O–H groups in total.